The van der Waals surface area contributed by atoms with Gasteiger partial charge in [0.15, 0.2) is 12.2 Å². The van der Waals surface area contributed by atoms with E-state index in [2.05, 4.69) is 48.5 Å². The van der Waals surface area contributed by atoms with Gasteiger partial charge in [0.25, 0.3) is 0 Å². The number of hydrogen-bond acceptors (Lipinski definition) is 15. The molecule has 0 aromatic carbocycles. The highest BCUT2D eigenvalue weighted by Crippen LogP contribution is 2.45. The molecule has 0 bridgehead atoms. The second kappa shape index (κ2) is 75.1. The van der Waals surface area contributed by atoms with E-state index >= 15 is 0 Å². The smallest absolute Gasteiger partial charge is 0.462 e. The molecule has 0 radical (unpaired) electrons. The average Bonchev–Trinajstić information content (AvgIpc) is 0.905. The molecule has 17 nitrogen and oxygen atoms in total. The lowest BCUT2D eigenvalue weighted by Crippen LogP contribution is -2.30. The van der Waals surface area contributed by atoms with Crippen LogP contribution >= 0.6 is 15.6 Å². The Hall–Kier alpha value is -1.94. The van der Waals surface area contributed by atoms with Crippen molar-refractivity contribution in [2.24, 2.45) is 17.8 Å². The second-order valence-electron chi connectivity index (χ2n) is 32.0. The summed E-state index contributed by atoms with van der Waals surface area (Å²) in [5.41, 5.74) is 0. The zero-order valence-electron chi connectivity index (χ0n) is 68.5. The van der Waals surface area contributed by atoms with Crippen molar-refractivity contribution in [3.63, 3.8) is 0 Å². The fourth-order valence-corrected chi connectivity index (χ4v) is 14.8. The number of hydrogen-bond donors (Lipinski definition) is 3. The quantitative estimate of drug-likeness (QED) is 0.0222. The van der Waals surface area contributed by atoms with Gasteiger partial charge >= 0.3 is 39.5 Å². The fraction of sp³-hybridized carbons (Fsp3) is 0.953. The molecular formula is C85H166O17P2. The molecule has 0 aliphatic heterocycles. The van der Waals surface area contributed by atoms with E-state index in [1.807, 2.05) is 0 Å². The molecule has 0 heterocycles. The molecule has 0 aliphatic carbocycles. The number of aliphatic hydroxyl groups is 1. The van der Waals surface area contributed by atoms with E-state index in [1.165, 1.54) is 257 Å². The Balaban J connectivity index is 5.23. The number of esters is 4. The minimum atomic E-state index is -4.97. The van der Waals surface area contributed by atoms with Crippen LogP contribution in [0, 0.1) is 17.8 Å². The normalized spacial score (nSPS) is 13.9. The molecule has 0 saturated carbocycles. The second-order valence-corrected chi connectivity index (χ2v) is 34.9. The maximum absolute atomic E-state index is 13.1. The lowest BCUT2D eigenvalue weighted by atomic mass is 10.0. The third kappa shape index (κ3) is 78.2. The average molecular weight is 1520 g/mol. The van der Waals surface area contributed by atoms with Crippen molar-refractivity contribution in [1.82, 2.24) is 0 Å². The molecule has 0 aliphatic rings. The summed E-state index contributed by atoms with van der Waals surface area (Å²) >= 11 is 0. The predicted octanol–water partition coefficient (Wildman–Crippen LogP) is 25.7. The molecule has 5 atom stereocenters. The molecule has 2 unspecified atom stereocenters. The van der Waals surface area contributed by atoms with Crippen LogP contribution < -0.4 is 0 Å². The van der Waals surface area contributed by atoms with Crippen molar-refractivity contribution >= 4 is 39.5 Å². The summed E-state index contributed by atoms with van der Waals surface area (Å²) in [5.74, 6) is 0.264. The van der Waals surface area contributed by atoms with E-state index < -0.39 is 97.5 Å². The Bertz CT molecular complexity index is 2010. The molecule has 0 rings (SSSR count). The van der Waals surface area contributed by atoms with Crippen LogP contribution in [0.2, 0.25) is 0 Å². The highest BCUT2D eigenvalue weighted by atomic mass is 31.2. The summed E-state index contributed by atoms with van der Waals surface area (Å²) in [5, 5.41) is 10.7. The Morgan fingerprint density at radius 1 is 0.260 bits per heavy atom. The Morgan fingerprint density at radius 2 is 0.442 bits per heavy atom. The first-order valence-electron chi connectivity index (χ1n) is 43.8. The molecule has 19 heteroatoms. The van der Waals surface area contributed by atoms with Crippen LogP contribution in [0.25, 0.3) is 0 Å². The summed E-state index contributed by atoms with van der Waals surface area (Å²) in [7, 11) is -9.93. The zero-order valence-corrected chi connectivity index (χ0v) is 70.3. The van der Waals surface area contributed by atoms with Gasteiger partial charge in [0, 0.05) is 25.7 Å². The summed E-state index contributed by atoms with van der Waals surface area (Å²) in [6.07, 6.45) is 65.3. The summed E-state index contributed by atoms with van der Waals surface area (Å²) in [6, 6.07) is 0. The van der Waals surface area contributed by atoms with Crippen LogP contribution in [0.1, 0.15) is 447 Å². The van der Waals surface area contributed by atoms with Gasteiger partial charge in [-0.1, -0.05) is 395 Å². The molecule has 0 fully saturated rings. The summed E-state index contributed by atoms with van der Waals surface area (Å²) in [4.78, 5) is 73.2. The lowest BCUT2D eigenvalue weighted by molar-refractivity contribution is -0.161. The van der Waals surface area contributed by atoms with E-state index in [-0.39, 0.29) is 25.7 Å². The molecule has 0 aromatic rings. The Morgan fingerprint density at radius 3 is 0.654 bits per heavy atom. The van der Waals surface area contributed by atoms with Crippen molar-refractivity contribution in [3.05, 3.63) is 0 Å². The number of ether oxygens (including phenoxy) is 4. The molecular weight excluding hydrogens is 1350 g/mol. The van der Waals surface area contributed by atoms with Crippen LogP contribution in [-0.4, -0.2) is 96.7 Å². The highest BCUT2D eigenvalue weighted by Gasteiger charge is 2.30. The van der Waals surface area contributed by atoms with E-state index in [1.54, 1.807) is 0 Å². The van der Waals surface area contributed by atoms with Gasteiger partial charge in [-0.3, -0.25) is 37.3 Å². The van der Waals surface area contributed by atoms with Crippen LogP contribution in [0.3, 0.4) is 0 Å². The van der Waals surface area contributed by atoms with E-state index in [0.717, 1.165) is 108 Å². The van der Waals surface area contributed by atoms with Crippen molar-refractivity contribution in [1.29, 1.82) is 0 Å². The maximum atomic E-state index is 13.1. The number of carbonyl (C=O) groups is 4. The van der Waals surface area contributed by atoms with E-state index in [4.69, 9.17) is 37.0 Å². The lowest BCUT2D eigenvalue weighted by Gasteiger charge is -2.21. The number of unbranched alkanes of at least 4 members (excludes halogenated alkanes) is 51. The Kier molecular flexibility index (Phi) is 73.7. The monoisotopic (exact) mass is 1520 g/mol. The fourth-order valence-electron chi connectivity index (χ4n) is 13.2. The minimum absolute atomic E-state index is 0.106. The van der Waals surface area contributed by atoms with Crippen LogP contribution in [0.15, 0.2) is 0 Å². The van der Waals surface area contributed by atoms with Gasteiger partial charge in [-0.2, -0.15) is 0 Å². The first-order chi connectivity index (χ1) is 50.2. The zero-order chi connectivity index (χ0) is 76.5. The van der Waals surface area contributed by atoms with E-state index in [0.29, 0.717) is 25.7 Å². The van der Waals surface area contributed by atoms with Crippen LogP contribution in [-0.2, 0) is 65.4 Å². The molecule has 0 amide bonds. The largest absolute Gasteiger partial charge is 0.472 e. The van der Waals surface area contributed by atoms with Crippen molar-refractivity contribution in [3.8, 4) is 0 Å². The van der Waals surface area contributed by atoms with E-state index in [9.17, 15) is 43.2 Å². The molecule has 0 spiro atoms. The third-order valence-electron chi connectivity index (χ3n) is 19.9. The first-order valence-corrected chi connectivity index (χ1v) is 46.8. The van der Waals surface area contributed by atoms with Crippen LogP contribution in [0.4, 0.5) is 0 Å². The molecule has 104 heavy (non-hydrogen) atoms. The van der Waals surface area contributed by atoms with Gasteiger partial charge in [-0.15, -0.1) is 0 Å². The van der Waals surface area contributed by atoms with Gasteiger partial charge in [0.05, 0.1) is 26.4 Å². The standard InChI is InChI=1S/C85H166O17P2/c1-8-9-10-11-12-13-14-31-38-45-52-59-66-82(87)95-73-81(102-85(90)69-62-55-48-41-34-37-44-51-58-65-78(6)7)75-100-104(93,94)98-71-79(86)70-97-103(91,92)99-74-80(72-96-83(88)67-60-53-46-39-32-27-23-20-19-22-26-30-36-43-50-57-64-77(4)5)101-84(89)68-61-54-47-40-33-28-24-18-16-15-17-21-25-29-35-42-49-56-63-76(2)3/h76-81,86H,8-75H2,1-7H3,(H,91,92)(H,93,94)/t79-,80-,81-/m1/s1. The highest BCUT2D eigenvalue weighted by molar-refractivity contribution is 7.47. The Labute approximate surface area is 638 Å². The number of phosphoric acid groups is 2. The van der Waals surface area contributed by atoms with Crippen molar-refractivity contribution in [2.75, 3.05) is 39.6 Å². The number of phosphoric ester groups is 2. The maximum Gasteiger partial charge on any atom is 0.472 e. The first kappa shape index (κ1) is 102. The minimum Gasteiger partial charge on any atom is -0.462 e. The summed E-state index contributed by atoms with van der Waals surface area (Å²) in [6.45, 7) is 12.0. The predicted molar refractivity (Wildman–Crippen MR) is 428 cm³/mol. The van der Waals surface area contributed by atoms with Crippen LogP contribution in [0.5, 0.6) is 0 Å². The number of carbonyl (C=O) groups excluding carboxylic acids is 4. The van der Waals surface area contributed by atoms with Gasteiger partial charge in [0.1, 0.15) is 19.3 Å². The number of aliphatic hydroxyl groups excluding tert-OH is 1. The van der Waals surface area contributed by atoms with Gasteiger partial charge < -0.3 is 33.8 Å². The molecule has 618 valence electrons. The topological polar surface area (TPSA) is 237 Å². The molecule has 0 saturated heterocycles. The SMILES string of the molecule is CCCCCCCCCCCCCCC(=O)OC[C@H](COP(=O)(O)OC[C@H](O)COP(=O)(O)OC[C@@H](COC(=O)CCCCCCCCCCCCCCCCCCC(C)C)OC(=O)CCCCCCCCCCCCCCCCCCCCC(C)C)OC(=O)CCCCCCCCCCCC(C)C. The molecule has 3 N–H and O–H groups in total. The van der Waals surface area contributed by atoms with Gasteiger partial charge in [0.2, 0.25) is 0 Å². The van der Waals surface area contributed by atoms with Crippen molar-refractivity contribution in [2.45, 2.75) is 465 Å². The van der Waals surface area contributed by atoms with Gasteiger partial charge in [-0.05, 0) is 43.4 Å². The third-order valence-corrected chi connectivity index (χ3v) is 21.8. The summed E-state index contributed by atoms with van der Waals surface area (Å²) < 4.78 is 68.8. The number of rotatable bonds is 83. The van der Waals surface area contributed by atoms with Gasteiger partial charge in [-0.25, -0.2) is 9.13 Å². The molecule has 0 aromatic heterocycles. The van der Waals surface area contributed by atoms with Crippen molar-refractivity contribution < 1.29 is 80.2 Å².